The van der Waals surface area contributed by atoms with Crippen molar-refractivity contribution in [2.45, 2.75) is 39.2 Å². The Morgan fingerprint density at radius 1 is 1.21 bits per heavy atom. The lowest BCUT2D eigenvalue weighted by Gasteiger charge is -2.20. The highest BCUT2D eigenvalue weighted by molar-refractivity contribution is 8.26. The predicted octanol–water partition coefficient (Wildman–Crippen LogP) is 5.41. The molecule has 1 aromatic heterocycles. The summed E-state index contributed by atoms with van der Waals surface area (Å²) in [6.07, 6.45) is 6.20. The van der Waals surface area contributed by atoms with Crippen LogP contribution in [0, 0.1) is 6.92 Å². The Bertz CT molecular complexity index is 1510. The number of ether oxygens (including phenoxy) is 1. The van der Waals surface area contributed by atoms with E-state index >= 15 is 0 Å². The average Bonchev–Trinajstić information content (AvgIpc) is 3.55. The zero-order valence-electron chi connectivity index (χ0n) is 21.3. The summed E-state index contributed by atoms with van der Waals surface area (Å²) in [6.45, 7) is 4.83. The number of hydrogen-bond acceptors (Lipinski definition) is 7. The number of carbonyl (C=O) groups excluding carboxylic acids is 1. The van der Waals surface area contributed by atoms with E-state index in [0.717, 1.165) is 46.7 Å². The van der Waals surface area contributed by atoms with E-state index in [9.17, 15) is 13.2 Å². The molecule has 10 heteroatoms. The van der Waals surface area contributed by atoms with Gasteiger partial charge in [-0.25, -0.2) is 13.1 Å². The molecule has 2 saturated heterocycles. The van der Waals surface area contributed by atoms with Crippen molar-refractivity contribution < 1.29 is 17.9 Å². The van der Waals surface area contributed by atoms with Gasteiger partial charge in [0.05, 0.1) is 34.7 Å². The van der Waals surface area contributed by atoms with Crippen LogP contribution >= 0.6 is 24.0 Å². The summed E-state index contributed by atoms with van der Waals surface area (Å²) in [4.78, 5) is 15.3. The molecule has 2 aliphatic rings. The monoisotopic (exact) mass is 567 g/mol. The molecule has 3 heterocycles. The molecule has 0 aliphatic carbocycles. The van der Waals surface area contributed by atoms with E-state index in [1.165, 1.54) is 16.7 Å². The fourth-order valence-corrected chi connectivity index (χ4v) is 7.75. The van der Waals surface area contributed by atoms with Gasteiger partial charge in [-0.3, -0.25) is 9.69 Å². The first-order valence-electron chi connectivity index (χ1n) is 12.6. The molecule has 0 N–H and O–H groups in total. The van der Waals surface area contributed by atoms with E-state index < -0.39 is 15.9 Å². The number of aromatic nitrogens is 2. The minimum Gasteiger partial charge on any atom is -0.494 e. The van der Waals surface area contributed by atoms with Crippen LogP contribution in [0.3, 0.4) is 0 Å². The van der Waals surface area contributed by atoms with Crippen molar-refractivity contribution >= 4 is 50.1 Å². The largest absolute Gasteiger partial charge is 0.494 e. The van der Waals surface area contributed by atoms with E-state index in [0.29, 0.717) is 22.3 Å². The van der Waals surface area contributed by atoms with Crippen LogP contribution in [-0.4, -0.2) is 57.5 Å². The van der Waals surface area contributed by atoms with Gasteiger partial charge in [-0.2, -0.15) is 5.10 Å². The van der Waals surface area contributed by atoms with Crippen molar-refractivity contribution in [2.24, 2.45) is 0 Å². The quantitative estimate of drug-likeness (QED) is 0.204. The minimum atomic E-state index is -3.15. The third kappa shape index (κ3) is 5.57. The first-order chi connectivity index (χ1) is 18.3. The second-order valence-electron chi connectivity index (χ2n) is 9.50. The van der Waals surface area contributed by atoms with E-state index in [1.54, 1.807) is 4.68 Å². The fraction of sp³-hybridized carbons (Fsp3) is 0.321. The lowest BCUT2D eigenvalue weighted by atomic mass is 10.0. The van der Waals surface area contributed by atoms with Gasteiger partial charge in [0.2, 0.25) is 0 Å². The van der Waals surface area contributed by atoms with Gasteiger partial charge >= 0.3 is 0 Å². The standard InChI is InChI=1S/C28H29N3O4S3/c1-3-4-13-35-23-10-11-24(19(2)15-23)26-20(17-30(29-26)21-8-6-5-7-9-21)16-25-27(32)31(28(36)37-25)22-12-14-38(33,34)18-22/h5-11,15-17,22H,3-4,12-14,18H2,1-2H3/b25-16-. The number of rotatable bonds is 8. The van der Waals surface area contributed by atoms with Crippen LogP contribution in [0.25, 0.3) is 23.0 Å². The second kappa shape index (κ2) is 11.0. The molecule has 2 fully saturated rings. The van der Waals surface area contributed by atoms with Crippen molar-refractivity contribution in [3.63, 3.8) is 0 Å². The van der Waals surface area contributed by atoms with E-state index in [1.807, 2.05) is 67.7 Å². The molecular weight excluding hydrogens is 539 g/mol. The summed E-state index contributed by atoms with van der Waals surface area (Å²) < 4.78 is 32.1. The minimum absolute atomic E-state index is 0.0459. The van der Waals surface area contributed by atoms with Gasteiger partial charge in [-0.1, -0.05) is 55.5 Å². The summed E-state index contributed by atoms with van der Waals surface area (Å²) in [5, 5.41) is 4.90. The maximum absolute atomic E-state index is 13.4. The number of para-hydroxylation sites is 1. The van der Waals surface area contributed by atoms with Gasteiger partial charge in [-0.15, -0.1) is 0 Å². The third-order valence-corrected chi connectivity index (χ3v) is 9.75. The van der Waals surface area contributed by atoms with E-state index in [-0.39, 0.29) is 17.4 Å². The molecule has 2 aliphatic heterocycles. The van der Waals surface area contributed by atoms with Gasteiger partial charge in [0.25, 0.3) is 5.91 Å². The normalized spacial score (nSPS) is 20.0. The summed E-state index contributed by atoms with van der Waals surface area (Å²) in [6, 6.07) is 15.3. The Kier molecular flexibility index (Phi) is 7.74. The number of aryl methyl sites for hydroxylation is 1. The molecule has 5 rings (SSSR count). The van der Waals surface area contributed by atoms with Crippen molar-refractivity contribution in [3.05, 3.63) is 70.8 Å². The number of unbranched alkanes of at least 4 members (excludes halogenated alkanes) is 1. The Labute approximate surface area is 232 Å². The lowest BCUT2D eigenvalue weighted by Crippen LogP contribution is -2.39. The van der Waals surface area contributed by atoms with Gasteiger partial charge in [0, 0.05) is 17.3 Å². The Balaban J connectivity index is 1.52. The van der Waals surface area contributed by atoms with Crippen molar-refractivity contribution in [1.29, 1.82) is 0 Å². The predicted molar refractivity (Wildman–Crippen MR) is 156 cm³/mol. The van der Waals surface area contributed by atoms with Gasteiger partial charge in [0.1, 0.15) is 15.8 Å². The molecule has 198 valence electrons. The molecule has 0 radical (unpaired) electrons. The van der Waals surface area contributed by atoms with Crippen molar-refractivity contribution in [2.75, 3.05) is 18.1 Å². The van der Waals surface area contributed by atoms with Crippen molar-refractivity contribution in [1.82, 2.24) is 14.7 Å². The Morgan fingerprint density at radius 3 is 2.68 bits per heavy atom. The highest BCUT2D eigenvalue weighted by atomic mass is 32.2. The molecule has 2 aromatic carbocycles. The van der Waals surface area contributed by atoms with Crippen LogP contribution in [0.4, 0.5) is 0 Å². The summed E-state index contributed by atoms with van der Waals surface area (Å²) in [5.41, 5.74) is 4.35. The fourth-order valence-electron chi connectivity index (χ4n) is 4.66. The van der Waals surface area contributed by atoms with Crippen molar-refractivity contribution in [3.8, 4) is 22.7 Å². The summed E-state index contributed by atoms with van der Waals surface area (Å²) in [7, 11) is -3.15. The van der Waals surface area contributed by atoms with Crippen LogP contribution in [0.15, 0.2) is 59.6 Å². The molecule has 7 nitrogen and oxygen atoms in total. The third-order valence-electron chi connectivity index (χ3n) is 6.67. The highest BCUT2D eigenvalue weighted by Gasteiger charge is 2.42. The maximum Gasteiger partial charge on any atom is 0.266 e. The van der Waals surface area contributed by atoms with Crippen LogP contribution in [0.1, 0.15) is 37.3 Å². The Morgan fingerprint density at radius 2 is 2.00 bits per heavy atom. The number of thiocarbonyl (C=S) groups is 1. The molecule has 0 spiro atoms. The Hall–Kier alpha value is -2.95. The van der Waals surface area contributed by atoms with Gasteiger partial charge in [0.15, 0.2) is 9.84 Å². The smallest absolute Gasteiger partial charge is 0.266 e. The number of carbonyl (C=O) groups is 1. The molecule has 1 unspecified atom stereocenters. The first kappa shape index (κ1) is 26.6. The van der Waals surface area contributed by atoms with Gasteiger partial charge in [-0.05, 0) is 61.7 Å². The zero-order valence-corrected chi connectivity index (χ0v) is 23.7. The summed E-state index contributed by atoms with van der Waals surface area (Å²) in [5.74, 6) is 0.600. The van der Waals surface area contributed by atoms with Gasteiger partial charge < -0.3 is 4.74 Å². The van der Waals surface area contributed by atoms with E-state index in [4.69, 9.17) is 22.1 Å². The number of sulfone groups is 1. The van der Waals surface area contributed by atoms with Crippen LogP contribution in [0.5, 0.6) is 5.75 Å². The molecule has 1 atom stereocenters. The van der Waals surface area contributed by atoms with E-state index in [2.05, 4.69) is 6.92 Å². The summed E-state index contributed by atoms with van der Waals surface area (Å²) >= 11 is 6.71. The molecule has 0 saturated carbocycles. The zero-order chi connectivity index (χ0) is 26.9. The first-order valence-corrected chi connectivity index (χ1v) is 15.7. The number of benzene rings is 2. The number of nitrogens with zero attached hydrogens (tertiary/aromatic N) is 3. The second-order valence-corrected chi connectivity index (χ2v) is 13.4. The molecule has 0 bridgehead atoms. The van der Waals surface area contributed by atoms with Crippen LogP contribution < -0.4 is 4.74 Å². The number of thioether (sulfide) groups is 1. The maximum atomic E-state index is 13.4. The molecule has 3 aromatic rings. The highest BCUT2D eigenvalue weighted by Crippen LogP contribution is 2.38. The average molecular weight is 568 g/mol. The lowest BCUT2D eigenvalue weighted by molar-refractivity contribution is -0.123. The number of amides is 1. The molecular formula is C28H29N3O4S3. The topological polar surface area (TPSA) is 81.5 Å². The molecule has 1 amide bonds. The number of hydrogen-bond donors (Lipinski definition) is 0. The van der Waals surface area contributed by atoms with Crippen LogP contribution in [0.2, 0.25) is 0 Å². The SMILES string of the molecule is CCCCOc1ccc(-c2nn(-c3ccccc3)cc2/C=C2\SC(=S)N(C3CCS(=O)(=O)C3)C2=O)c(C)c1. The molecule has 38 heavy (non-hydrogen) atoms. The van der Waals surface area contributed by atoms with Crippen LogP contribution in [-0.2, 0) is 14.6 Å².